The van der Waals surface area contributed by atoms with Crippen LogP contribution in [0, 0.1) is 0 Å². The van der Waals surface area contributed by atoms with Crippen LogP contribution in [0.4, 0.5) is 0 Å². The number of carbonyl (C=O) groups excluding carboxylic acids is 1. The predicted octanol–water partition coefficient (Wildman–Crippen LogP) is 1.51. The third-order valence-electron chi connectivity index (χ3n) is 6.32. The fraction of sp³-hybridized carbons (Fsp3) is 0.739. The van der Waals surface area contributed by atoms with Crippen LogP contribution >= 0.6 is 0 Å². The second-order valence-corrected chi connectivity index (χ2v) is 9.33. The first-order valence-corrected chi connectivity index (χ1v) is 12.2. The standard InChI is InChI=1S/C23H35N5O6/c1-6-9-11-26-18-14(20(30)27(22(26)31)12-10-7-2)28(13-25-18)21-17-15(33-23(4,5)34-17)16(32-21)19(29)24-8-3/h13,15-17,21H,6-12H2,1-5H3,(H,24,29)/t15-,16+,17-,21-/m1/s1. The van der Waals surface area contributed by atoms with E-state index in [1.54, 1.807) is 23.0 Å². The maximum absolute atomic E-state index is 13.5. The number of amides is 1. The van der Waals surface area contributed by atoms with Crippen LogP contribution in [0.2, 0.25) is 0 Å². The van der Waals surface area contributed by atoms with Gasteiger partial charge in [-0.1, -0.05) is 26.7 Å². The summed E-state index contributed by atoms with van der Waals surface area (Å²) in [4.78, 5) is 43.9. The Morgan fingerprint density at radius 1 is 1.06 bits per heavy atom. The lowest BCUT2D eigenvalue weighted by atomic mass is 10.1. The molecule has 2 aromatic rings. The van der Waals surface area contributed by atoms with Crippen LogP contribution in [0.1, 0.15) is 66.5 Å². The van der Waals surface area contributed by atoms with Crippen molar-refractivity contribution < 1.29 is 19.0 Å². The lowest BCUT2D eigenvalue weighted by molar-refractivity contribution is -0.197. The Kier molecular flexibility index (Phi) is 6.97. The molecule has 2 aliphatic rings. The molecule has 0 saturated carbocycles. The quantitative estimate of drug-likeness (QED) is 0.582. The highest BCUT2D eigenvalue weighted by Crippen LogP contribution is 2.43. The number of hydrogen-bond donors (Lipinski definition) is 1. The molecular formula is C23H35N5O6. The first-order valence-electron chi connectivity index (χ1n) is 12.2. The summed E-state index contributed by atoms with van der Waals surface area (Å²) < 4.78 is 22.7. The molecule has 2 aromatic heterocycles. The van der Waals surface area contributed by atoms with Crippen LogP contribution in [0.15, 0.2) is 15.9 Å². The monoisotopic (exact) mass is 477 g/mol. The molecule has 2 fully saturated rings. The first-order chi connectivity index (χ1) is 16.2. The van der Waals surface area contributed by atoms with Gasteiger partial charge in [0.05, 0.1) is 6.33 Å². The van der Waals surface area contributed by atoms with Gasteiger partial charge in [-0.2, -0.15) is 0 Å². The van der Waals surface area contributed by atoms with Crippen LogP contribution < -0.4 is 16.6 Å². The summed E-state index contributed by atoms with van der Waals surface area (Å²) in [5, 5.41) is 2.78. The largest absolute Gasteiger partial charge is 0.354 e. The maximum atomic E-state index is 13.5. The van der Waals surface area contributed by atoms with Gasteiger partial charge in [-0.25, -0.2) is 9.78 Å². The van der Waals surface area contributed by atoms with E-state index in [-0.39, 0.29) is 17.1 Å². The van der Waals surface area contributed by atoms with Crippen molar-refractivity contribution in [1.29, 1.82) is 0 Å². The summed E-state index contributed by atoms with van der Waals surface area (Å²) in [5.74, 6) is -1.21. The van der Waals surface area contributed by atoms with E-state index in [0.717, 1.165) is 19.3 Å². The molecular weight excluding hydrogens is 442 g/mol. The molecule has 0 bridgehead atoms. The molecule has 34 heavy (non-hydrogen) atoms. The average molecular weight is 478 g/mol. The van der Waals surface area contributed by atoms with Gasteiger partial charge in [0.1, 0.15) is 12.2 Å². The van der Waals surface area contributed by atoms with Gasteiger partial charge in [-0.15, -0.1) is 0 Å². The smallest absolute Gasteiger partial charge is 0.332 e. The van der Waals surface area contributed by atoms with Crippen molar-refractivity contribution in [1.82, 2.24) is 24.0 Å². The molecule has 0 aromatic carbocycles. The summed E-state index contributed by atoms with van der Waals surface area (Å²) >= 11 is 0. The minimum Gasteiger partial charge on any atom is -0.354 e. The maximum Gasteiger partial charge on any atom is 0.332 e. The molecule has 2 saturated heterocycles. The second-order valence-electron chi connectivity index (χ2n) is 9.33. The Labute approximate surface area is 198 Å². The van der Waals surface area contributed by atoms with Crippen molar-refractivity contribution in [2.75, 3.05) is 6.54 Å². The zero-order valence-corrected chi connectivity index (χ0v) is 20.6. The third kappa shape index (κ3) is 4.20. The van der Waals surface area contributed by atoms with Crippen molar-refractivity contribution in [2.24, 2.45) is 0 Å². The number of unbranched alkanes of at least 4 members (excludes halogenated alkanes) is 2. The summed E-state index contributed by atoms with van der Waals surface area (Å²) in [6.45, 7) is 10.7. The van der Waals surface area contributed by atoms with Crippen molar-refractivity contribution >= 4 is 17.1 Å². The number of fused-ring (bicyclic) bond motifs is 2. The molecule has 4 heterocycles. The van der Waals surface area contributed by atoms with Gasteiger partial charge < -0.3 is 19.5 Å². The van der Waals surface area contributed by atoms with Crippen LogP contribution in [0.5, 0.6) is 0 Å². The molecule has 0 aliphatic carbocycles. The van der Waals surface area contributed by atoms with Crippen molar-refractivity contribution in [2.45, 2.75) is 104 Å². The van der Waals surface area contributed by atoms with E-state index < -0.39 is 35.9 Å². The molecule has 4 rings (SSSR count). The number of carbonyl (C=O) groups is 1. The number of hydrogen-bond acceptors (Lipinski definition) is 7. The van der Waals surface area contributed by atoms with E-state index in [0.29, 0.717) is 31.7 Å². The number of likely N-dealkylation sites (N-methyl/N-ethyl adjacent to an activating group) is 1. The summed E-state index contributed by atoms with van der Waals surface area (Å²) in [6, 6.07) is 0. The SMILES string of the molecule is CCCCn1c(=O)c2c(ncn2[C@@H]2O[C@H](C(=O)NCC)[C@H]3OC(C)(C)O[C@H]32)n(CCCC)c1=O. The Balaban J connectivity index is 1.85. The van der Waals surface area contributed by atoms with Gasteiger partial charge in [0.25, 0.3) is 11.5 Å². The van der Waals surface area contributed by atoms with Crippen molar-refractivity contribution in [3.05, 3.63) is 27.2 Å². The molecule has 1 amide bonds. The molecule has 0 spiro atoms. The van der Waals surface area contributed by atoms with Gasteiger partial charge in [-0.05, 0) is 33.6 Å². The number of imidazole rings is 1. The van der Waals surface area contributed by atoms with E-state index in [2.05, 4.69) is 10.3 Å². The average Bonchev–Trinajstić information content (AvgIpc) is 3.44. The fourth-order valence-electron chi connectivity index (χ4n) is 4.72. The van der Waals surface area contributed by atoms with Crippen LogP contribution in [0.25, 0.3) is 11.2 Å². The van der Waals surface area contributed by atoms with E-state index >= 15 is 0 Å². The Morgan fingerprint density at radius 2 is 1.71 bits per heavy atom. The summed E-state index contributed by atoms with van der Waals surface area (Å²) in [7, 11) is 0. The molecule has 1 N–H and O–H groups in total. The minimum atomic E-state index is -0.914. The number of rotatable bonds is 9. The topological polar surface area (TPSA) is 119 Å². The number of nitrogens with one attached hydrogen (secondary N) is 1. The highest BCUT2D eigenvalue weighted by atomic mass is 16.8. The predicted molar refractivity (Wildman–Crippen MR) is 124 cm³/mol. The molecule has 188 valence electrons. The molecule has 2 aliphatic heterocycles. The summed E-state index contributed by atoms with van der Waals surface area (Å²) in [5.41, 5.74) is -0.188. The van der Waals surface area contributed by atoms with Crippen LogP contribution in [0.3, 0.4) is 0 Å². The number of nitrogens with zero attached hydrogens (tertiary/aromatic N) is 4. The lowest BCUT2D eigenvalue weighted by Crippen LogP contribution is -2.42. The molecule has 0 radical (unpaired) electrons. The van der Waals surface area contributed by atoms with E-state index in [9.17, 15) is 14.4 Å². The Bertz CT molecular complexity index is 1170. The minimum absolute atomic E-state index is 0.264. The number of ether oxygens (including phenoxy) is 3. The highest BCUT2D eigenvalue weighted by Gasteiger charge is 2.58. The van der Waals surface area contributed by atoms with E-state index in [1.165, 1.54) is 10.9 Å². The molecule has 0 unspecified atom stereocenters. The molecule has 4 atom stereocenters. The normalized spacial score (nSPS) is 25.7. The number of aromatic nitrogens is 4. The van der Waals surface area contributed by atoms with Gasteiger partial charge in [-0.3, -0.25) is 23.3 Å². The molecule has 11 heteroatoms. The first kappa shape index (κ1) is 24.6. The van der Waals surface area contributed by atoms with E-state index in [1.807, 2.05) is 20.8 Å². The Morgan fingerprint density at radius 3 is 2.35 bits per heavy atom. The highest BCUT2D eigenvalue weighted by molar-refractivity contribution is 5.82. The zero-order valence-electron chi connectivity index (χ0n) is 20.6. The third-order valence-corrected chi connectivity index (χ3v) is 6.32. The van der Waals surface area contributed by atoms with Gasteiger partial charge in [0.2, 0.25) is 0 Å². The summed E-state index contributed by atoms with van der Waals surface area (Å²) in [6.07, 6.45) is 1.75. The van der Waals surface area contributed by atoms with Crippen LogP contribution in [-0.4, -0.2) is 55.2 Å². The van der Waals surface area contributed by atoms with E-state index in [4.69, 9.17) is 14.2 Å². The second kappa shape index (κ2) is 9.63. The van der Waals surface area contributed by atoms with Crippen molar-refractivity contribution in [3.63, 3.8) is 0 Å². The Hall–Kier alpha value is -2.50. The van der Waals surface area contributed by atoms with Gasteiger partial charge in [0.15, 0.2) is 29.3 Å². The van der Waals surface area contributed by atoms with Gasteiger partial charge >= 0.3 is 5.69 Å². The van der Waals surface area contributed by atoms with Crippen LogP contribution in [-0.2, 0) is 32.1 Å². The van der Waals surface area contributed by atoms with Crippen molar-refractivity contribution in [3.8, 4) is 0 Å². The lowest BCUT2D eigenvalue weighted by Gasteiger charge is -2.24. The van der Waals surface area contributed by atoms with Gasteiger partial charge in [0, 0.05) is 19.6 Å². The zero-order chi connectivity index (χ0) is 24.6. The fourth-order valence-corrected chi connectivity index (χ4v) is 4.72. The number of aryl methyl sites for hydroxylation is 1. The molecule has 11 nitrogen and oxygen atoms in total.